The van der Waals surface area contributed by atoms with Crippen molar-refractivity contribution < 1.29 is 9.90 Å². The summed E-state index contributed by atoms with van der Waals surface area (Å²) < 4.78 is 1.02. The minimum atomic E-state index is -0.299. The van der Waals surface area contributed by atoms with E-state index in [1.807, 2.05) is 42.5 Å². The number of rotatable bonds is 7. The van der Waals surface area contributed by atoms with Gasteiger partial charge in [-0.05, 0) is 36.2 Å². The van der Waals surface area contributed by atoms with E-state index in [4.69, 9.17) is 0 Å². The number of aliphatic hydroxyl groups excluding tert-OH is 1. The standard InChI is InChI=1S/C17H19BrN2O2/c18-14-7-4-13(5-8-14)6-9-17(22)20-16(12-21)11-15-3-1-2-10-19-15/h1-5,7-8,10,16,21H,6,9,11-12H2,(H,20,22). The summed E-state index contributed by atoms with van der Waals surface area (Å²) in [7, 11) is 0. The second-order valence-electron chi connectivity index (χ2n) is 5.10. The molecule has 5 heteroatoms. The second-order valence-corrected chi connectivity index (χ2v) is 6.01. The van der Waals surface area contributed by atoms with E-state index < -0.39 is 0 Å². The molecule has 2 rings (SSSR count). The van der Waals surface area contributed by atoms with Crippen LogP contribution in [0.4, 0.5) is 0 Å². The fourth-order valence-electron chi connectivity index (χ4n) is 2.14. The molecule has 0 aliphatic carbocycles. The van der Waals surface area contributed by atoms with E-state index in [9.17, 15) is 9.90 Å². The third kappa shape index (κ3) is 5.58. The minimum Gasteiger partial charge on any atom is -0.394 e. The predicted octanol–water partition coefficient (Wildman–Crippen LogP) is 2.50. The number of benzene rings is 1. The average molecular weight is 363 g/mol. The Morgan fingerprint density at radius 2 is 2.00 bits per heavy atom. The zero-order valence-electron chi connectivity index (χ0n) is 12.2. The Kier molecular flexibility index (Phi) is 6.55. The van der Waals surface area contributed by atoms with E-state index in [-0.39, 0.29) is 18.6 Å². The Morgan fingerprint density at radius 1 is 1.23 bits per heavy atom. The molecule has 22 heavy (non-hydrogen) atoms. The van der Waals surface area contributed by atoms with E-state index >= 15 is 0 Å². The van der Waals surface area contributed by atoms with Gasteiger partial charge in [-0.15, -0.1) is 0 Å². The topological polar surface area (TPSA) is 62.2 Å². The minimum absolute atomic E-state index is 0.0575. The van der Waals surface area contributed by atoms with Crippen LogP contribution in [-0.4, -0.2) is 28.6 Å². The van der Waals surface area contributed by atoms with Crippen LogP contribution in [0.25, 0.3) is 0 Å². The van der Waals surface area contributed by atoms with E-state index in [1.54, 1.807) is 6.20 Å². The summed E-state index contributed by atoms with van der Waals surface area (Å²) in [6.45, 7) is -0.0966. The van der Waals surface area contributed by atoms with Gasteiger partial charge in [-0.2, -0.15) is 0 Å². The maximum Gasteiger partial charge on any atom is 0.220 e. The van der Waals surface area contributed by atoms with Gasteiger partial charge < -0.3 is 10.4 Å². The zero-order valence-corrected chi connectivity index (χ0v) is 13.8. The van der Waals surface area contributed by atoms with Crippen LogP contribution in [0.1, 0.15) is 17.7 Å². The van der Waals surface area contributed by atoms with Crippen LogP contribution in [0.2, 0.25) is 0 Å². The maximum absolute atomic E-state index is 12.0. The molecule has 0 saturated heterocycles. The molecule has 0 aliphatic rings. The van der Waals surface area contributed by atoms with E-state index in [0.717, 1.165) is 15.7 Å². The summed E-state index contributed by atoms with van der Waals surface area (Å²) in [6.07, 6.45) is 3.32. The molecule has 2 N–H and O–H groups in total. The number of carbonyl (C=O) groups is 1. The highest BCUT2D eigenvalue weighted by Gasteiger charge is 2.12. The fourth-order valence-corrected chi connectivity index (χ4v) is 2.41. The normalized spacial score (nSPS) is 11.9. The Balaban J connectivity index is 1.80. The number of nitrogens with one attached hydrogen (secondary N) is 1. The van der Waals surface area contributed by atoms with Crippen molar-refractivity contribution >= 4 is 21.8 Å². The summed E-state index contributed by atoms with van der Waals surface area (Å²) in [6, 6.07) is 13.2. The Hall–Kier alpha value is -1.72. The fraction of sp³-hybridized carbons (Fsp3) is 0.294. The largest absolute Gasteiger partial charge is 0.394 e. The molecular formula is C17H19BrN2O2. The number of halogens is 1. The van der Waals surface area contributed by atoms with Gasteiger partial charge in [0.05, 0.1) is 12.6 Å². The SMILES string of the molecule is O=C(CCc1ccc(Br)cc1)NC(CO)Cc1ccccn1. The third-order valence-corrected chi connectivity index (χ3v) is 3.85. The van der Waals surface area contributed by atoms with Gasteiger partial charge in [-0.25, -0.2) is 0 Å². The van der Waals surface area contributed by atoms with Crippen molar-refractivity contribution in [2.24, 2.45) is 0 Å². The summed E-state index contributed by atoms with van der Waals surface area (Å²) in [5.74, 6) is -0.0575. The Labute approximate surface area is 138 Å². The Bertz CT molecular complexity index is 587. The second kappa shape index (κ2) is 8.66. The zero-order chi connectivity index (χ0) is 15.8. The number of amides is 1. The van der Waals surface area contributed by atoms with Crippen molar-refractivity contribution in [2.45, 2.75) is 25.3 Å². The van der Waals surface area contributed by atoms with Gasteiger partial charge in [0.2, 0.25) is 5.91 Å². The van der Waals surface area contributed by atoms with Crippen LogP contribution in [0.5, 0.6) is 0 Å². The molecule has 1 amide bonds. The molecule has 1 aromatic carbocycles. The maximum atomic E-state index is 12.0. The number of aromatic nitrogens is 1. The molecule has 0 radical (unpaired) electrons. The molecular weight excluding hydrogens is 344 g/mol. The van der Waals surface area contributed by atoms with Gasteiger partial charge >= 0.3 is 0 Å². The molecule has 0 fully saturated rings. The summed E-state index contributed by atoms with van der Waals surface area (Å²) in [4.78, 5) is 16.2. The monoisotopic (exact) mass is 362 g/mol. The molecule has 2 aromatic rings. The van der Waals surface area contributed by atoms with Gasteiger partial charge in [0.1, 0.15) is 0 Å². The molecule has 4 nitrogen and oxygen atoms in total. The van der Waals surface area contributed by atoms with Crippen LogP contribution in [-0.2, 0) is 17.6 Å². The average Bonchev–Trinajstić information content (AvgIpc) is 2.54. The van der Waals surface area contributed by atoms with Crippen molar-refractivity contribution in [2.75, 3.05) is 6.61 Å². The lowest BCUT2D eigenvalue weighted by Gasteiger charge is -2.16. The van der Waals surface area contributed by atoms with Gasteiger partial charge in [0, 0.05) is 29.2 Å². The lowest BCUT2D eigenvalue weighted by Crippen LogP contribution is -2.39. The first-order chi connectivity index (χ1) is 10.7. The smallest absolute Gasteiger partial charge is 0.220 e. The van der Waals surface area contributed by atoms with Crippen molar-refractivity contribution in [3.8, 4) is 0 Å². The third-order valence-electron chi connectivity index (χ3n) is 3.32. The number of nitrogens with zero attached hydrogens (tertiary/aromatic N) is 1. The summed E-state index contributed by atoms with van der Waals surface area (Å²) in [5, 5.41) is 12.3. The van der Waals surface area contributed by atoms with Gasteiger partial charge in [-0.3, -0.25) is 9.78 Å². The number of aryl methyl sites for hydroxylation is 1. The van der Waals surface area contributed by atoms with Crippen LogP contribution < -0.4 is 5.32 Å². The van der Waals surface area contributed by atoms with Gasteiger partial charge in [0.15, 0.2) is 0 Å². The van der Waals surface area contributed by atoms with Crippen LogP contribution >= 0.6 is 15.9 Å². The number of carbonyl (C=O) groups excluding carboxylic acids is 1. The first-order valence-corrected chi connectivity index (χ1v) is 8.01. The van der Waals surface area contributed by atoms with Crippen molar-refractivity contribution in [3.63, 3.8) is 0 Å². The number of pyridine rings is 1. The molecule has 1 heterocycles. The van der Waals surface area contributed by atoms with Gasteiger partial charge in [-0.1, -0.05) is 34.1 Å². The molecule has 1 unspecified atom stereocenters. The van der Waals surface area contributed by atoms with Crippen LogP contribution in [0.15, 0.2) is 53.1 Å². The highest BCUT2D eigenvalue weighted by atomic mass is 79.9. The molecule has 0 saturated carbocycles. The number of hydrogen-bond donors (Lipinski definition) is 2. The lowest BCUT2D eigenvalue weighted by atomic mass is 10.1. The van der Waals surface area contributed by atoms with Crippen molar-refractivity contribution in [1.29, 1.82) is 0 Å². The van der Waals surface area contributed by atoms with Crippen LogP contribution in [0.3, 0.4) is 0 Å². The first-order valence-electron chi connectivity index (χ1n) is 7.22. The number of hydrogen-bond acceptors (Lipinski definition) is 3. The highest BCUT2D eigenvalue weighted by molar-refractivity contribution is 9.10. The van der Waals surface area contributed by atoms with E-state index in [0.29, 0.717) is 19.3 Å². The van der Waals surface area contributed by atoms with E-state index in [2.05, 4.69) is 26.2 Å². The summed E-state index contributed by atoms with van der Waals surface area (Å²) >= 11 is 3.39. The molecule has 0 bridgehead atoms. The molecule has 1 atom stereocenters. The lowest BCUT2D eigenvalue weighted by molar-refractivity contribution is -0.122. The number of aliphatic hydroxyl groups is 1. The highest BCUT2D eigenvalue weighted by Crippen LogP contribution is 2.11. The molecule has 116 valence electrons. The van der Waals surface area contributed by atoms with E-state index in [1.165, 1.54) is 0 Å². The van der Waals surface area contributed by atoms with Crippen LogP contribution in [0, 0.1) is 0 Å². The van der Waals surface area contributed by atoms with Crippen molar-refractivity contribution in [3.05, 3.63) is 64.4 Å². The van der Waals surface area contributed by atoms with Gasteiger partial charge in [0.25, 0.3) is 0 Å². The Morgan fingerprint density at radius 3 is 2.64 bits per heavy atom. The molecule has 0 aliphatic heterocycles. The predicted molar refractivity (Wildman–Crippen MR) is 89.4 cm³/mol. The first kappa shape index (κ1) is 16.6. The van der Waals surface area contributed by atoms with Crippen molar-refractivity contribution in [1.82, 2.24) is 10.3 Å². The molecule has 1 aromatic heterocycles. The molecule has 0 spiro atoms. The quantitative estimate of drug-likeness (QED) is 0.795. The summed E-state index contributed by atoms with van der Waals surface area (Å²) in [5.41, 5.74) is 1.97.